The average Bonchev–Trinajstić information content (AvgIpc) is 2.23. The first-order chi connectivity index (χ1) is 7.26. The van der Waals surface area contributed by atoms with E-state index in [0.29, 0.717) is 5.95 Å². The summed E-state index contributed by atoms with van der Waals surface area (Å²) in [7, 11) is 1.83. The number of thioether (sulfide) groups is 1. The lowest BCUT2D eigenvalue weighted by Crippen LogP contribution is -2.07. The fourth-order valence-corrected chi connectivity index (χ4v) is 1.64. The highest BCUT2D eigenvalue weighted by atomic mass is 32.2. The summed E-state index contributed by atoms with van der Waals surface area (Å²) in [6.07, 6.45) is 3.27. The minimum Gasteiger partial charge on any atom is -0.370 e. The van der Waals surface area contributed by atoms with Gasteiger partial charge in [0.1, 0.15) is 5.82 Å². The van der Waals surface area contributed by atoms with Crippen LogP contribution in [0.1, 0.15) is 12.1 Å². The van der Waals surface area contributed by atoms with Crippen molar-refractivity contribution >= 4 is 23.5 Å². The van der Waals surface area contributed by atoms with E-state index < -0.39 is 0 Å². The molecular weight excluding hydrogens is 208 g/mol. The van der Waals surface area contributed by atoms with Crippen LogP contribution >= 0.6 is 11.8 Å². The Balaban J connectivity index is 2.49. The molecule has 0 spiro atoms. The summed E-state index contributed by atoms with van der Waals surface area (Å²) in [5, 5.41) is 6.23. The Labute approximate surface area is 95.3 Å². The summed E-state index contributed by atoms with van der Waals surface area (Å²) in [6, 6.07) is 1.96. The summed E-state index contributed by atoms with van der Waals surface area (Å²) >= 11 is 1.86. The Morgan fingerprint density at radius 1 is 1.40 bits per heavy atom. The lowest BCUT2D eigenvalue weighted by atomic mass is 10.4. The van der Waals surface area contributed by atoms with Crippen LogP contribution in [0.3, 0.4) is 0 Å². The van der Waals surface area contributed by atoms with E-state index in [4.69, 9.17) is 0 Å². The maximum Gasteiger partial charge on any atom is 0.224 e. The van der Waals surface area contributed by atoms with Gasteiger partial charge in [0.25, 0.3) is 0 Å². The van der Waals surface area contributed by atoms with Crippen molar-refractivity contribution in [2.45, 2.75) is 13.3 Å². The molecule has 1 aromatic rings. The molecule has 2 N–H and O–H groups in total. The zero-order valence-electron chi connectivity index (χ0n) is 9.50. The van der Waals surface area contributed by atoms with Crippen molar-refractivity contribution in [3.05, 3.63) is 11.8 Å². The first-order valence-corrected chi connectivity index (χ1v) is 6.42. The number of anilines is 2. The molecule has 15 heavy (non-hydrogen) atoms. The highest BCUT2D eigenvalue weighted by Gasteiger charge is 1.99. The summed E-state index contributed by atoms with van der Waals surface area (Å²) in [5.74, 6) is 2.74. The Kier molecular flexibility index (Phi) is 5.25. The van der Waals surface area contributed by atoms with Crippen LogP contribution in [0.15, 0.2) is 6.07 Å². The van der Waals surface area contributed by atoms with Crippen LogP contribution in [0.5, 0.6) is 0 Å². The molecule has 0 saturated carbocycles. The van der Waals surface area contributed by atoms with Gasteiger partial charge in [-0.25, -0.2) is 4.98 Å². The predicted molar refractivity (Wildman–Crippen MR) is 67.8 cm³/mol. The van der Waals surface area contributed by atoms with Crippen LogP contribution in [0.25, 0.3) is 0 Å². The molecule has 5 heteroatoms. The molecule has 0 unspecified atom stereocenters. The molecule has 0 aliphatic heterocycles. The molecule has 1 rings (SSSR count). The van der Waals surface area contributed by atoms with E-state index in [1.54, 1.807) is 0 Å². The zero-order valence-corrected chi connectivity index (χ0v) is 10.3. The molecule has 1 aromatic heterocycles. The van der Waals surface area contributed by atoms with Gasteiger partial charge in [-0.3, -0.25) is 0 Å². The van der Waals surface area contributed by atoms with Crippen molar-refractivity contribution in [1.82, 2.24) is 9.97 Å². The van der Waals surface area contributed by atoms with Crippen molar-refractivity contribution in [2.75, 3.05) is 36.2 Å². The monoisotopic (exact) mass is 226 g/mol. The van der Waals surface area contributed by atoms with Gasteiger partial charge in [-0.2, -0.15) is 16.7 Å². The molecule has 0 aliphatic rings. The summed E-state index contributed by atoms with van der Waals surface area (Å²) in [5.41, 5.74) is 0.974. The van der Waals surface area contributed by atoms with E-state index in [1.165, 1.54) is 5.75 Å². The third-order valence-corrected chi connectivity index (χ3v) is 2.61. The zero-order chi connectivity index (χ0) is 11.1. The third kappa shape index (κ3) is 4.38. The molecule has 0 atom stereocenters. The third-order valence-electron chi connectivity index (χ3n) is 1.91. The minimum absolute atomic E-state index is 0.669. The van der Waals surface area contributed by atoms with Crippen LogP contribution in [-0.4, -0.2) is 35.6 Å². The molecule has 0 radical (unpaired) electrons. The van der Waals surface area contributed by atoms with E-state index in [0.717, 1.165) is 24.5 Å². The molecule has 0 aromatic carbocycles. The number of hydrogen-bond acceptors (Lipinski definition) is 5. The number of hydrogen-bond donors (Lipinski definition) is 2. The van der Waals surface area contributed by atoms with E-state index in [-0.39, 0.29) is 0 Å². The highest BCUT2D eigenvalue weighted by Crippen LogP contribution is 2.09. The first kappa shape index (κ1) is 12.1. The van der Waals surface area contributed by atoms with Gasteiger partial charge in [-0.15, -0.1) is 0 Å². The van der Waals surface area contributed by atoms with Gasteiger partial charge in [-0.05, 0) is 25.4 Å². The molecular formula is C10H18N4S. The van der Waals surface area contributed by atoms with E-state index >= 15 is 0 Å². The minimum atomic E-state index is 0.669. The first-order valence-electron chi connectivity index (χ1n) is 5.02. The van der Waals surface area contributed by atoms with Crippen LogP contribution in [0, 0.1) is 6.92 Å². The Hall–Kier alpha value is -0.970. The van der Waals surface area contributed by atoms with E-state index in [1.807, 2.05) is 31.8 Å². The van der Waals surface area contributed by atoms with Crippen molar-refractivity contribution in [3.8, 4) is 0 Å². The smallest absolute Gasteiger partial charge is 0.224 e. The molecule has 1 heterocycles. The average molecular weight is 226 g/mol. The van der Waals surface area contributed by atoms with E-state index in [9.17, 15) is 0 Å². The lowest BCUT2D eigenvalue weighted by Gasteiger charge is -2.07. The molecule has 0 fully saturated rings. The largest absolute Gasteiger partial charge is 0.370 e. The van der Waals surface area contributed by atoms with Crippen LogP contribution < -0.4 is 10.6 Å². The van der Waals surface area contributed by atoms with Gasteiger partial charge >= 0.3 is 0 Å². The maximum absolute atomic E-state index is 4.31. The highest BCUT2D eigenvalue weighted by molar-refractivity contribution is 7.98. The Bertz CT molecular complexity index is 303. The van der Waals surface area contributed by atoms with Crippen LogP contribution in [-0.2, 0) is 0 Å². The van der Waals surface area contributed by atoms with Gasteiger partial charge in [-0.1, -0.05) is 0 Å². The van der Waals surface area contributed by atoms with Gasteiger partial charge < -0.3 is 10.6 Å². The van der Waals surface area contributed by atoms with Gasteiger partial charge in [0.2, 0.25) is 5.95 Å². The van der Waals surface area contributed by atoms with Crippen LogP contribution in [0.4, 0.5) is 11.8 Å². The fraction of sp³-hybridized carbons (Fsp3) is 0.600. The summed E-state index contributed by atoms with van der Waals surface area (Å²) in [4.78, 5) is 8.54. The molecule has 0 amide bonds. The van der Waals surface area contributed by atoms with Crippen molar-refractivity contribution in [2.24, 2.45) is 0 Å². The van der Waals surface area contributed by atoms with Crippen molar-refractivity contribution in [1.29, 1.82) is 0 Å². The fourth-order valence-electron chi connectivity index (χ4n) is 1.20. The Morgan fingerprint density at radius 3 is 2.87 bits per heavy atom. The molecule has 0 bridgehead atoms. The maximum atomic E-state index is 4.31. The SMILES string of the molecule is CNc1nc(C)cc(NCCCSC)n1. The summed E-state index contributed by atoms with van der Waals surface area (Å²) in [6.45, 7) is 2.93. The number of nitrogens with zero attached hydrogens (tertiary/aromatic N) is 2. The van der Waals surface area contributed by atoms with E-state index in [2.05, 4.69) is 26.9 Å². The number of aryl methyl sites for hydroxylation is 1. The summed E-state index contributed by atoms with van der Waals surface area (Å²) < 4.78 is 0. The second-order valence-corrected chi connectivity index (χ2v) is 4.23. The van der Waals surface area contributed by atoms with Gasteiger partial charge in [0.15, 0.2) is 0 Å². The molecule has 4 nitrogen and oxygen atoms in total. The van der Waals surface area contributed by atoms with Crippen molar-refractivity contribution < 1.29 is 0 Å². The predicted octanol–water partition coefficient (Wildman–Crippen LogP) is 1.99. The standard InChI is InChI=1S/C10H18N4S/c1-8-7-9(12-5-4-6-15-3)14-10(11-2)13-8/h7H,4-6H2,1-3H3,(H2,11,12,13,14). The van der Waals surface area contributed by atoms with Gasteiger partial charge in [0.05, 0.1) is 0 Å². The number of aromatic nitrogens is 2. The van der Waals surface area contributed by atoms with Gasteiger partial charge in [0, 0.05) is 25.4 Å². The lowest BCUT2D eigenvalue weighted by molar-refractivity contribution is 0.972. The van der Waals surface area contributed by atoms with Crippen molar-refractivity contribution in [3.63, 3.8) is 0 Å². The second-order valence-electron chi connectivity index (χ2n) is 3.24. The number of rotatable bonds is 6. The number of nitrogens with one attached hydrogen (secondary N) is 2. The van der Waals surface area contributed by atoms with Crippen LogP contribution in [0.2, 0.25) is 0 Å². The topological polar surface area (TPSA) is 49.8 Å². The normalized spacial score (nSPS) is 10.1. The molecule has 0 saturated heterocycles. The molecule has 0 aliphatic carbocycles. The quantitative estimate of drug-likeness (QED) is 0.727. The second kappa shape index (κ2) is 6.50. The molecule has 84 valence electrons. The Morgan fingerprint density at radius 2 is 2.20 bits per heavy atom.